The normalized spacial score (nSPS) is 10.9. The standard InChI is InChI=1S/C18H12N2O/c1-3-9-15-13(6-1)8-5-11-17(15)21-18-16-10-4-2-7-14(16)12-19-20-18/h1-12H. The van der Waals surface area contributed by atoms with Crippen molar-refractivity contribution < 1.29 is 4.74 Å². The third-order valence-electron chi connectivity index (χ3n) is 3.49. The molecule has 0 spiro atoms. The lowest BCUT2D eigenvalue weighted by molar-refractivity contribution is 0.467. The molecular weight excluding hydrogens is 260 g/mol. The van der Waals surface area contributed by atoms with Crippen LogP contribution in [0.2, 0.25) is 0 Å². The molecule has 100 valence electrons. The maximum Gasteiger partial charge on any atom is 0.246 e. The van der Waals surface area contributed by atoms with Crippen molar-refractivity contribution in [2.45, 2.75) is 0 Å². The zero-order valence-electron chi connectivity index (χ0n) is 11.2. The highest BCUT2D eigenvalue weighted by atomic mass is 16.5. The Hall–Kier alpha value is -2.94. The minimum absolute atomic E-state index is 0.532. The van der Waals surface area contributed by atoms with Gasteiger partial charge in [0.25, 0.3) is 0 Å². The van der Waals surface area contributed by atoms with Gasteiger partial charge in [-0.15, -0.1) is 5.10 Å². The molecule has 0 amide bonds. The van der Waals surface area contributed by atoms with Crippen LogP contribution in [-0.4, -0.2) is 10.2 Å². The molecule has 0 N–H and O–H groups in total. The van der Waals surface area contributed by atoms with Crippen LogP contribution in [0.5, 0.6) is 11.6 Å². The lowest BCUT2D eigenvalue weighted by Gasteiger charge is -2.09. The molecule has 0 fully saturated rings. The molecule has 0 bridgehead atoms. The van der Waals surface area contributed by atoms with E-state index in [-0.39, 0.29) is 0 Å². The Kier molecular flexibility index (Phi) is 2.75. The highest BCUT2D eigenvalue weighted by molar-refractivity contribution is 5.90. The average Bonchev–Trinajstić information content (AvgIpc) is 2.56. The molecule has 4 aromatic rings. The van der Waals surface area contributed by atoms with Crippen LogP contribution in [0, 0.1) is 0 Å². The minimum atomic E-state index is 0.532. The van der Waals surface area contributed by atoms with Gasteiger partial charge in [0.05, 0.1) is 6.20 Å². The van der Waals surface area contributed by atoms with Crippen molar-refractivity contribution in [3.63, 3.8) is 0 Å². The second-order valence-electron chi connectivity index (χ2n) is 4.82. The zero-order valence-corrected chi connectivity index (χ0v) is 11.2. The molecule has 0 saturated heterocycles. The third-order valence-corrected chi connectivity index (χ3v) is 3.49. The molecule has 1 heterocycles. The number of hydrogen-bond acceptors (Lipinski definition) is 3. The monoisotopic (exact) mass is 272 g/mol. The van der Waals surface area contributed by atoms with Gasteiger partial charge >= 0.3 is 0 Å². The largest absolute Gasteiger partial charge is 0.436 e. The summed E-state index contributed by atoms with van der Waals surface area (Å²) in [6.45, 7) is 0. The smallest absolute Gasteiger partial charge is 0.246 e. The molecule has 0 aliphatic carbocycles. The second kappa shape index (κ2) is 4.87. The molecule has 0 aliphatic heterocycles. The SMILES string of the molecule is c1ccc2c(Oc3nncc4ccccc34)cccc2c1. The summed E-state index contributed by atoms with van der Waals surface area (Å²) in [7, 11) is 0. The highest BCUT2D eigenvalue weighted by Crippen LogP contribution is 2.31. The summed E-state index contributed by atoms with van der Waals surface area (Å²) in [6.07, 6.45) is 1.74. The first-order valence-corrected chi connectivity index (χ1v) is 6.78. The van der Waals surface area contributed by atoms with E-state index in [1.54, 1.807) is 6.20 Å². The van der Waals surface area contributed by atoms with Crippen LogP contribution in [-0.2, 0) is 0 Å². The van der Waals surface area contributed by atoms with Gasteiger partial charge in [-0.2, -0.15) is 5.10 Å². The molecule has 0 saturated carbocycles. The van der Waals surface area contributed by atoms with Gasteiger partial charge in [-0.25, -0.2) is 0 Å². The van der Waals surface area contributed by atoms with Crippen molar-refractivity contribution >= 4 is 21.5 Å². The molecule has 21 heavy (non-hydrogen) atoms. The first kappa shape index (κ1) is 11.9. The molecule has 0 radical (unpaired) electrons. The Bertz CT molecular complexity index is 846. The van der Waals surface area contributed by atoms with Gasteiger partial charge in [-0.1, -0.05) is 54.6 Å². The van der Waals surface area contributed by atoms with E-state index in [1.807, 2.05) is 54.6 Å². The van der Waals surface area contributed by atoms with E-state index in [4.69, 9.17) is 4.74 Å². The summed E-state index contributed by atoms with van der Waals surface area (Å²) in [5.41, 5.74) is 0. The van der Waals surface area contributed by atoms with Crippen LogP contribution >= 0.6 is 0 Å². The van der Waals surface area contributed by atoms with Crippen LogP contribution in [0.1, 0.15) is 0 Å². The van der Waals surface area contributed by atoms with Gasteiger partial charge in [-0.05, 0) is 17.5 Å². The van der Waals surface area contributed by atoms with Gasteiger partial charge in [0.1, 0.15) is 5.75 Å². The lowest BCUT2D eigenvalue weighted by atomic mass is 10.1. The van der Waals surface area contributed by atoms with Gasteiger partial charge in [0.15, 0.2) is 0 Å². The van der Waals surface area contributed by atoms with Gasteiger partial charge in [-0.3, -0.25) is 0 Å². The van der Waals surface area contributed by atoms with Crippen molar-refractivity contribution in [2.24, 2.45) is 0 Å². The Morgan fingerprint density at radius 2 is 1.38 bits per heavy atom. The third kappa shape index (κ3) is 2.09. The average molecular weight is 272 g/mol. The molecule has 0 aliphatic rings. The summed E-state index contributed by atoms with van der Waals surface area (Å²) in [6, 6.07) is 22.1. The minimum Gasteiger partial charge on any atom is -0.436 e. The molecule has 0 atom stereocenters. The van der Waals surface area contributed by atoms with Crippen LogP contribution in [0.3, 0.4) is 0 Å². The van der Waals surface area contributed by atoms with E-state index >= 15 is 0 Å². The fraction of sp³-hybridized carbons (Fsp3) is 0. The molecule has 4 rings (SSSR count). The first-order chi connectivity index (χ1) is 10.4. The summed E-state index contributed by atoms with van der Waals surface area (Å²) < 4.78 is 6.03. The first-order valence-electron chi connectivity index (χ1n) is 6.78. The van der Waals surface area contributed by atoms with Crippen LogP contribution in [0.15, 0.2) is 72.9 Å². The number of fused-ring (bicyclic) bond motifs is 2. The Morgan fingerprint density at radius 1 is 0.667 bits per heavy atom. The summed E-state index contributed by atoms with van der Waals surface area (Å²) in [5, 5.41) is 12.3. The van der Waals surface area contributed by atoms with Crippen molar-refractivity contribution in [2.75, 3.05) is 0 Å². The van der Waals surface area contributed by atoms with E-state index in [0.717, 1.165) is 27.3 Å². The molecule has 1 aromatic heterocycles. The van der Waals surface area contributed by atoms with E-state index in [2.05, 4.69) is 22.3 Å². The number of nitrogens with zero attached hydrogens (tertiary/aromatic N) is 2. The Balaban J connectivity index is 1.87. The van der Waals surface area contributed by atoms with Crippen molar-refractivity contribution in [1.82, 2.24) is 10.2 Å². The number of aromatic nitrogens is 2. The van der Waals surface area contributed by atoms with Gasteiger partial charge in [0.2, 0.25) is 5.88 Å². The molecule has 0 unspecified atom stereocenters. The maximum atomic E-state index is 6.03. The van der Waals surface area contributed by atoms with E-state index in [9.17, 15) is 0 Å². The van der Waals surface area contributed by atoms with Crippen LogP contribution in [0.25, 0.3) is 21.5 Å². The predicted octanol–water partition coefficient (Wildman–Crippen LogP) is 4.58. The molecule has 3 nitrogen and oxygen atoms in total. The Morgan fingerprint density at radius 3 is 2.29 bits per heavy atom. The second-order valence-corrected chi connectivity index (χ2v) is 4.82. The van der Waals surface area contributed by atoms with Crippen molar-refractivity contribution in [3.05, 3.63) is 72.9 Å². The highest BCUT2D eigenvalue weighted by Gasteiger charge is 2.07. The Labute approximate surface area is 121 Å². The number of ether oxygens (including phenoxy) is 1. The predicted molar refractivity (Wildman–Crippen MR) is 83.6 cm³/mol. The van der Waals surface area contributed by atoms with Crippen molar-refractivity contribution in [1.29, 1.82) is 0 Å². The van der Waals surface area contributed by atoms with E-state index < -0.39 is 0 Å². The van der Waals surface area contributed by atoms with E-state index in [1.165, 1.54) is 0 Å². The van der Waals surface area contributed by atoms with Crippen LogP contribution < -0.4 is 4.74 Å². The summed E-state index contributed by atoms with van der Waals surface area (Å²) in [4.78, 5) is 0. The topological polar surface area (TPSA) is 35.0 Å². The maximum absolute atomic E-state index is 6.03. The summed E-state index contributed by atoms with van der Waals surface area (Å²) >= 11 is 0. The molecule has 3 aromatic carbocycles. The fourth-order valence-corrected chi connectivity index (χ4v) is 2.47. The number of rotatable bonds is 2. The van der Waals surface area contributed by atoms with Crippen molar-refractivity contribution in [3.8, 4) is 11.6 Å². The van der Waals surface area contributed by atoms with E-state index in [0.29, 0.717) is 5.88 Å². The zero-order chi connectivity index (χ0) is 14.1. The van der Waals surface area contributed by atoms with Gasteiger partial charge < -0.3 is 4.74 Å². The summed E-state index contributed by atoms with van der Waals surface area (Å²) in [5.74, 6) is 1.32. The molecular formula is C18H12N2O. The van der Waals surface area contributed by atoms with Crippen LogP contribution in [0.4, 0.5) is 0 Å². The lowest BCUT2D eigenvalue weighted by Crippen LogP contribution is -1.92. The fourth-order valence-electron chi connectivity index (χ4n) is 2.47. The number of hydrogen-bond donors (Lipinski definition) is 0. The quantitative estimate of drug-likeness (QED) is 0.536. The molecule has 3 heteroatoms. The van der Waals surface area contributed by atoms with Gasteiger partial charge in [0, 0.05) is 16.2 Å². The number of benzene rings is 3.